The molecule has 1 aliphatic carbocycles. The lowest BCUT2D eigenvalue weighted by Crippen LogP contribution is -2.28. The van der Waals surface area contributed by atoms with Gasteiger partial charge in [-0.3, -0.25) is 4.79 Å². The number of hydrogen-bond acceptors (Lipinski definition) is 7. The van der Waals surface area contributed by atoms with E-state index in [1.165, 1.54) is 6.07 Å². The van der Waals surface area contributed by atoms with Crippen LogP contribution in [0.15, 0.2) is 16.9 Å². The third-order valence-electron chi connectivity index (χ3n) is 5.97. The van der Waals surface area contributed by atoms with Crippen molar-refractivity contribution in [2.24, 2.45) is 11.7 Å². The largest absolute Gasteiger partial charge is 0.493 e. The summed E-state index contributed by atoms with van der Waals surface area (Å²) in [6, 6.07) is 2.88. The summed E-state index contributed by atoms with van der Waals surface area (Å²) in [5.41, 5.74) is 4.89. The number of ether oxygens (including phenoxy) is 3. The zero-order chi connectivity index (χ0) is 22.5. The van der Waals surface area contributed by atoms with E-state index in [0.717, 1.165) is 51.7 Å². The highest BCUT2D eigenvalue weighted by Gasteiger charge is 2.24. The summed E-state index contributed by atoms with van der Waals surface area (Å²) >= 11 is 1.68. The lowest BCUT2D eigenvalue weighted by Gasteiger charge is -2.27. The Kier molecular flexibility index (Phi) is 7.51. The number of nitrogens with one attached hydrogen (secondary N) is 1. The molecule has 0 spiro atoms. The van der Waals surface area contributed by atoms with E-state index in [9.17, 15) is 14.0 Å². The van der Waals surface area contributed by atoms with Crippen LogP contribution in [0.3, 0.4) is 0 Å². The third-order valence-corrected chi connectivity index (χ3v) is 7.35. The van der Waals surface area contributed by atoms with Gasteiger partial charge in [0.2, 0.25) is 0 Å². The number of aromatic amines is 1. The molecule has 0 atom stereocenters. The molecule has 1 aromatic heterocycles. The molecule has 1 aromatic carbocycles. The van der Waals surface area contributed by atoms with Crippen LogP contribution in [-0.2, 0) is 15.2 Å². The van der Waals surface area contributed by atoms with E-state index in [1.807, 2.05) is 0 Å². The SMILES string of the molecule is NC(=O)OC1CCC(SCc2nc3cc(OCC4CCOCC4)cc(F)c3c(=O)[nH]2)CC1. The standard InChI is InChI=1S/C22H28FN3O5S/c23-17-9-15(30-11-13-5-7-29-8-6-13)10-18-20(17)21(27)26-19(25-18)12-32-16-3-1-14(2-4-16)31-22(24)28/h9-10,13-14,16H,1-8,11-12H2,(H2,24,28)(H,25,26,27). The van der Waals surface area contributed by atoms with E-state index in [0.29, 0.717) is 40.6 Å². The molecule has 2 heterocycles. The molecule has 2 aliphatic rings. The fourth-order valence-corrected chi connectivity index (χ4v) is 5.34. The molecule has 2 fully saturated rings. The number of primary amides is 1. The minimum absolute atomic E-state index is 0.0544. The minimum atomic E-state index is -0.734. The Morgan fingerprint density at radius 2 is 1.97 bits per heavy atom. The second-order valence-corrected chi connectivity index (χ2v) is 9.61. The molecule has 3 N–H and O–H groups in total. The number of nitrogens with two attached hydrogens (primary N) is 1. The molecule has 32 heavy (non-hydrogen) atoms. The Morgan fingerprint density at radius 1 is 1.22 bits per heavy atom. The third kappa shape index (κ3) is 5.92. The number of halogens is 1. The number of carbonyl (C=O) groups is 1. The second-order valence-electron chi connectivity index (χ2n) is 8.33. The Labute approximate surface area is 189 Å². The van der Waals surface area contributed by atoms with Gasteiger partial charge in [0, 0.05) is 30.6 Å². The summed E-state index contributed by atoms with van der Waals surface area (Å²) < 4.78 is 30.8. The quantitative estimate of drug-likeness (QED) is 0.643. The van der Waals surface area contributed by atoms with Crippen molar-refractivity contribution in [3.63, 3.8) is 0 Å². The van der Waals surface area contributed by atoms with Gasteiger partial charge >= 0.3 is 6.09 Å². The smallest absolute Gasteiger partial charge is 0.404 e. The molecule has 10 heteroatoms. The van der Waals surface area contributed by atoms with E-state index in [4.69, 9.17) is 19.9 Å². The molecule has 1 saturated carbocycles. The molecule has 1 amide bonds. The van der Waals surface area contributed by atoms with Crippen LogP contribution in [0.2, 0.25) is 0 Å². The van der Waals surface area contributed by atoms with E-state index in [1.54, 1.807) is 17.8 Å². The molecule has 4 rings (SSSR count). The number of fused-ring (bicyclic) bond motifs is 1. The highest BCUT2D eigenvalue weighted by molar-refractivity contribution is 7.99. The van der Waals surface area contributed by atoms with Gasteiger partial charge in [0.15, 0.2) is 0 Å². The van der Waals surface area contributed by atoms with Crippen molar-refractivity contribution < 1.29 is 23.4 Å². The molecule has 0 bridgehead atoms. The van der Waals surface area contributed by atoms with Crippen molar-refractivity contribution in [2.75, 3.05) is 19.8 Å². The number of nitrogens with zero attached hydrogens (tertiary/aromatic N) is 1. The average Bonchev–Trinajstić information content (AvgIpc) is 2.77. The number of H-pyrrole nitrogens is 1. The van der Waals surface area contributed by atoms with Crippen molar-refractivity contribution >= 4 is 28.8 Å². The summed E-state index contributed by atoms with van der Waals surface area (Å²) in [7, 11) is 0. The van der Waals surface area contributed by atoms with Crippen LogP contribution in [0.5, 0.6) is 5.75 Å². The van der Waals surface area contributed by atoms with Crippen LogP contribution in [-0.4, -0.2) is 47.2 Å². The summed E-state index contributed by atoms with van der Waals surface area (Å²) in [5.74, 6) is 1.14. The summed E-state index contributed by atoms with van der Waals surface area (Å²) in [6.07, 6.45) is 4.30. The Morgan fingerprint density at radius 3 is 2.69 bits per heavy atom. The molecule has 2 aromatic rings. The van der Waals surface area contributed by atoms with Crippen molar-refractivity contribution in [1.29, 1.82) is 0 Å². The van der Waals surface area contributed by atoms with Crippen LogP contribution < -0.4 is 16.0 Å². The van der Waals surface area contributed by atoms with Crippen molar-refractivity contribution in [2.45, 2.75) is 55.6 Å². The first-order valence-corrected chi connectivity index (χ1v) is 12.0. The fraction of sp³-hybridized carbons (Fsp3) is 0.591. The lowest BCUT2D eigenvalue weighted by molar-refractivity contribution is 0.0497. The van der Waals surface area contributed by atoms with E-state index < -0.39 is 17.5 Å². The fourth-order valence-electron chi connectivity index (χ4n) is 4.20. The number of thioether (sulfide) groups is 1. The summed E-state index contributed by atoms with van der Waals surface area (Å²) in [5, 5.41) is 0.316. The normalized spacial score (nSPS) is 22.0. The van der Waals surface area contributed by atoms with Crippen LogP contribution in [0.25, 0.3) is 10.9 Å². The predicted molar refractivity (Wildman–Crippen MR) is 119 cm³/mol. The Balaban J connectivity index is 1.39. The lowest BCUT2D eigenvalue weighted by atomic mass is 9.97. The maximum absolute atomic E-state index is 14.6. The predicted octanol–water partition coefficient (Wildman–Crippen LogP) is 3.51. The number of hydrogen-bond donors (Lipinski definition) is 2. The first-order chi connectivity index (χ1) is 15.5. The van der Waals surface area contributed by atoms with Crippen molar-refractivity contribution in [1.82, 2.24) is 9.97 Å². The molecule has 1 aliphatic heterocycles. The highest BCUT2D eigenvalue weighted by Crippen LogP contribution is 2.31. The Bertz CT molecular complexity index is 1000. The molecule has 174 valence electrons. The number of aromatic nitrogens is 2. The van der Waals surface area contributed by atoms with E-state index >= 15 is 0 Å². The van der Waals surface area contributed by atoms with Gasteiger partial charge in [-0.05, 0) is 44.4 Å². The molecule has 0 unspecified atom stereocenters. The molecule has 1 saturated heterocycles. The monoisotopic (exact) mass is 465 g/mol. The van der Waals surface area contributed by atoms with Gasteiger partial charge < -0.3 is 24.9 Å². The zero-order valence-corrected chi connectivity index (χ0v) is 18.6. The Hall–Kier alpha value is -2.33. The number of carbonyl (C=O) groups excluding carboxylic acids is 1. The van der Waals surface area contributed by atoms with Crippen LogP contribution in [0.4, 0.5) is 9.18 Å². The molecule has 0 radical (unpaired) electrons. The summed E-state index contributed by atoms with van der Waals surface area (Å²) in [4.78, 5) is 30.5. The van der Waals surface area contributed by atoms with E-state index in [-0.39, 0.29) is 11.5 Å². The van der Waals surface area contributed by atoms with Gasteiger partial charge in [0.25, 0.3) is 5.56 Å². The van der Waals surface area contributed by atoms with Gasteiger partial charge in [-0.25, -0.2) is 14.2 Å². The van der Waals surface area contributed by atoms with Crippen molar-refractivity contribution in [3.05, 3.63) is 34.1 Å². The summed E-state index contributed by atoms with van der Waals surface area (Å²) in [6.45, 7) is 1.93. The maximum atomic E-state index is 14.6. The van der Waals surface area contributed by atoms with Gasteiger partial charge in [0.1, 0.15) is 28.9 Å². The average molecular weight is 466 g/mol. The number of rotatable bonds is 7. The van der Waals surface area contributed by atoms with Crippen molar-refractivity contribution in [3.8, 4) is 5.75 Å². The van der Waals surface area contributed by atoms with Crippen LogP contribution >= 0.6 is 11.8 Å². The first-order valence-electron chi connectivity index (χ1n) is 11.0. The molecular formula is C22H28FN3O5S. The van der Waals surface area contributed by atoms with Crippen LogP contribution in [0.1, 0.15) is 44.3 Å². The molecular weight excluding hydrogens is 437 g/mol. The maximum Gasteiger partial charge on any atom is 0.404 e. The number of amides is 1. The minimum Gasteiger partial charge on any atom is -0.493 e. The van der Waals surface area contributed by atoms with E-state index in [2.05, 4.69) is 9.97 Å². The topological polar surface area (TPSA) is 117 Å². The van der Waals surface area contributed by atoms with Gasteiger partial charge in [0.05, 0.1) is 17.9 Å². The zero-order valence-electron chi connectivity index (χ0n) is 17.8. The van der Waals surface area contributed by atoms with Gasteiger partial charge in [-0.2, -0.15) is 11.8 Å². The van der Waals surface area contributed by atoms with Gasteiger partial charge in [-0.1, -0.05) is 0 Å². The first kappa shape index (κ1) is 22.8. The number of benzene rings is 1. The van der Waals surface area contributed by atoms with Gasteiger partial charge in [-0.15, -0.1) is 0 Å². The van der Waals surface area contributed by atoms with Crippen LogP contribution in [0, 0.1) is 11.7 Å². The highest BCUT2D eigenvalue weighted by atomic mass is 32.2. The second kappa shape index (κ2) is 10.5. The molecule has 8 nitrogen and oxygen atoms in total.